The van der Waals surface area contributed by atoms with Crippen LogP contribution in [0.4, 0.5) is 0 Å². The summed E-state index contributed by atoms with van der Waals surface area (Å²) in [7, 11) is 1.79. The maximum atomic E-state index is 10.6. The highest BCUT2D eigenvalue weighted by Crippen LogP contribution is 2.43. The molecule has 64 valence electrons. The van der Waals surface area contributed by atoms with E-state index >= 15 is 0 Å². The van der Waals surface area contributed by atoms with E-state index in [4.69, 9.17) is 0 Å². The molecule has 0 saturated heterocycles. The van der Waals surface area contributed by atoms with Crippen LogP contribution < -0.4 is 0 Å². The van der Waals surface area contributed by atoms with E-state index in [0.29, 0.717) is 11.6 Å². The summed E-state index contributed by atoms with van der Waals surface area (Å²) in [4.78, 5) is 10.6. The number of aryl methyl sites for hydroxylation is 1. The van der Waals surface area contributed by atoms with Crippen molar-refractivity contribution in [2.24, 2.45) is 7.05 Å². The Hall–Kier alpha value is -0.640. The molecule has 3 nitrogen and oxygen atoms in total. The summed E-state index contributed by atoms with van der Waals surface area (Å²) in [6, 6.07) is 0. The van der Waals surface area contributed by atoms with Crippen molar-refractivity contribution in [3.63, 3.8) is 0 Å². The van der Waals surface area contributed by atoms with Crippen LogP contribution in [0.3, 0.4) is 0 Å². The zero-order valence-corrected chi connectivity index (χ0v) is 8.34. The van der Waals surface area contributed by atoms with Crippen LogP contribution in [0, 0.1) is 0 Å². The fourth-order valence-electron chi connectivity index (χ4n) is 1.28. The zero-order valence-electron chi connectivity index (χ0n) is 6.75. The third-order valence-corrected chi connectivity index (χ3v) is 2.94. The topological polar surface area (TPSA) is 34.9 Å². The number of carbonyl (C=O) groups is 1. The second-order valence-electron chi connectivity index (χ2n) is 3.10. The molecule has 2 rings (SSSR count). The van der Waals surface area contributed by atoms with Crippen LogP contribution in [0.5, 0.6) is 0 Å². The third-order valence-electron chi connectivity index (χ3n) is 2.13. The highest BCUT2D eigenvalue weighted by Gasteiger charge is 2.30. The van der Waals surface area contributed by atoms with Crippen molar-refractivity contribution in [1.82, 2.24) is 9.78 Å². The van der Waals surface area contributed by atoms with Crippen molar-refractivity contribution in [2.75, 3.05) is 0 Å². The maximum Gasteiger partial charge on any atom is 0.169 e. The molecule has 1 heterocycles. The molecule has 1 aromatic heterocycles. The van der Waals surface area contributed by atoms with Crippen LogP contribution >= 0.6 is 15.9 Å². The average molecular weight is 229 g/mol. The molecule has 1 aliphatic carbocycles. The number of nitrogens with zero attached hydrogens (tertiary/aromatic N) is 2. The van der Waals surface area contributed by atoms with Gasteiger partial charge in [0.05, 0.1) is 10.2 Å². The van der Waals surface area contributed by atoms with Crippen LogP contribution in [-0.4, -0.2) is 16.1 Å². The van der Waals surface area contributed by atoms with Gasteiger partial charge < -0.3 is 0 Å². The molecule has 0 N–H and O–H groups in total. The van der Waals surface area contributed by atoms with Gasteiger partial charge in [0.1, 0.15) is 5.69 Å². The molecule has 12 heavy (non-hydrogen) atoms. The molecule has 0 atom stereocenters. The third kappa shape index (κ3) is 1.10. The summed E-state index contributed by atoms with van der Waals surface area (Å²) in [5, 5.41) is 4.28. The minimum absolute atomic E-state index is 0.583. The quantitative estimate of drug-likeness (QED) is 0.725. The number of aldehydes is 1. The lowest BCUT2D eigenvalue weighted by Gasteiger charge is -1.88. The lowest BCUT2D eigenvalue weighted by Crippen LogP contribution is -1.96. The Bertz CT molecular complexity index is 328. The van der Waals surface area contributed by atoms with Crippen LogP contribution in [0.1, 0.15) is 34.9 Å². The van der Waals surface area contributed by atoms with E-state index in [1.54, 1.807) is 11.7 Å². The minimum atomic E-state index is 0.583. The van der Waals surface area contributed by atoms with E-state index in [-0.39, 0.29) is 0 Å². The van der Waals surface area contributed by atoms with Gasteiger partial charge in [0, 0.05) is 13.0 Å². The van der Waals surface area contributed by atoms with Crippen LogP contribution in [0.25, 0.3) is 0 Å². The first-order valence-corrected chi connectivity index (χ1v) is 4.71. The van der Waals surface area contributed by atoms with Crippen molar-refractivity contribution in [1.29, 1.82) is 0 Å². The molecular formula is C8H9BrN2O. The Morgan fingerprint density at radius 3 is 2.75 bits per heavy atom. The fourth-order valence-corrected chi connectivity index (χ4v) is 2.03. The van der Waals surface area contributed by atoms with Crippen LogP contribution in [-0.2, 0) is 7.05 Å². The predicted molar refractivity (Wildman–Crippen MR) is 48.3 cm³/mol. The Morgan fingerprint density at radius 2 is 2.33 bits per heavy atom. The number of hydrogen-bond donors (Lipinski definition) is 0. The summed E-state index contributed by atoms with van der Waals surface area (Å²) >= 11 is 3.39. The maximum absolute atomic E-state index is 10.6. The van der Waals surface area contributed by atoms with Gasteiger partial charge in [0.15, 0.2) is 6.29 Å². The number of rotatable bonds is 2. The minimum Gasteiger partial charge on any atom is -0.296 e. The smallest absolute Gasteiger partial charge is 0.169 e. The van der Waals surface area contributed by atoms with E-state index in [0.717, 1.165) is 16.5 Å². The fraction of sp³-hybridized carbons (Fsp3) is 0.500. The Labute approximate surface area is 78.9 Å². The van der Waals surface area contributed by atoms with E-state index in [1.165, 1.54) is 12.8 Å². The summed E-state index contributed by atoms with van der Waals surface area (Å²) in [5.41, 5.74) is 1.68. The van der Waals surface area contributed by atoms with Crippen molar-refractivity contribution in [2.45, 2.75) is 18.8 Å². The highest BCUT2D eigenvalue weighted by molar-refractivity contribution is 9.10. The highest BCUT2D eigenvalue weighted by atomic mass is 79.9. The monoisotopic (exact) mass is 228 g/mol. The second kappa shape index (κ2) is 2.69. The van der Waals surface area contributed by atoms with Gasteiger partial charge in [-0.15, -0.1) is 0 Å². The van der Waals surface area contributed by atoms with Gasteiger partial charge in [-0.25, -0.2) is 0 Å². The van der Waals surface area contributed by atoms with Crippen molar-refractivity contribution in [3.8, 4) is 0 Å². The SMILES string of the molecule is Cn1nc(C2CC2)c(Br)c1C=O. The summed E-state index contributed by atoms with van der Waals surface area (Å²) < 4.78 is 2.51. The lowest BCUT2D eigenvalue weighted by molar-refractivity contribution is 0.111. The molecule has 1 fully saturated rings. The molecule has 0 spiro atoms. The second-order valence-corrected chi connectivity index (χ2v) is 3.89. The van der Waals surface area contributed by atoms with E-state index in [1.807, 2.05) is 0 Å². The molecule has 1 aromatic rings. The molecule has 4 heteroatoms. The van der Waals surface area contributed by atoms with Gasteiger partial charge in [0.2, 0.25) is 0 Å². The van der Waals surface area contributed by atoms with Crippen molar-refractivity contribution >= 4 is 22.2 Å². The molecule has 0 bridgehead atoms. The molecule has 1 saturated carbocycles. The number of carbonyl (C=O) groups excluding carboxylic acids is 1. The van der Waals surface area contributed by atoms with Gasteiger partial charge in [0.25, 0.3) is 0 Å². The molecule has 0 unspecified atom stereocenters. The largest absolute Gasteiger partial charge is 0.296 e. The molecule has 0 aliphatic heterocycles. The van der Waals surface area contributed by atoms with Gasteiger partial charge >= 0.3 is 0 Å². The number of hydrogen-bond acceptors (Lipinski definition) is 2. The molecule has 0 aromatic carbocycles. The summed E-state index contributed by atoms with van der Waals surface area (Å²) in [6.45, 7) is 0. The molecular weight excluding hydrogens is 220 g/mol. The van der Waals surface area contributed by atoms with Crippen LogP contribution in [0.2, 0.25) is 0 Å². The lowest BCUT2D eigenvalue weighted by atomic mass is 10.3. The van der Waals surface area contributed by atoms with Gasteiger partial charge in [-0.3, -0.25) is 9.48 Å². The van der Waals surface area contributed by atoms with E-state index in [9.17, 15) is 4.79 Å². The van der Waals surface area contributed by atoms with E-state index < -0.39 is 0 Å². The summed E-state index contributed by atoms with van der Waals surface area (Å²) in [5.74, 6) is 0.583. The number of aromatic nitrogens is 2. The average Bonchev–Trinajstić information content (AvgIpc) is 2.80. The Balaban J connectivity index is 2.49. The van der Waals surface area contributed by atoms with Crippen molar-refractivity contribution < 1.29 is 4.79 Å². The Morgan fingerprint density at radius 1 is 1.67 bits per heavy atom. The first kappa shape index (κ1) is 7.98. The first-order valence-electron chi connectivity index (χ1n) is 3.91. The molecule has 0 radical (unpaired) electrons. The Kier molecular flexibility index (Phi) is 1.79. The number of halogens is 1. The molecule has 0 amide bonds. The zero-order chi connectivity index (χ0) is 8.72. The molecule has 1 aliphatic rings. The predicted octanol–water partition coefficient (Wildman–Crippen LogP) is 1.87. The summed E-state index contributed by atoms with van der Waals surface area (Å²) in [6.07, 6.45) is 3.24. The standard InChI is InChI=1S/C8H9BrN2O/c1-11-6(4-12)7(9)8(10-11)5-2-3-5/h4-5H,2-3H2,1H3. The van der Waals surface area contributed by atoms with Gasteiger partial charge in [-0.05, 0) is 28.8 Å². The van der Waals surface area contributed by atoms with Gasteiger partial charge in [-0.2, -0.15) is 5.10 Å². The van der Waals surface area contributed by atoms with Crippen molar-refractivity contribution in [3.05, 3.63) is 15.9 Å². The van der Waals surface area contributed by atoms with Crippen LogP contribution in [0.15, 0.2) is 4.47 Å². The first-order chi connectivity index (χ1) is 5.74. The normalized spacial score (nSPS) is 16.5. The van der Waals surface area contributed by atoms with E-state index in [2.05, 4.69) is 21.0 Å². The van der Waals surface area contributed by atoms with Gasteiger partial charge in [-0.1, -0.05) is 0 Å².